The highest BCUT2D eigenvalue weighted by atomic mass is 19.1. The van der Waals surface area contributed by atoms with E-state index in [-0.39, 0.29) is 18.3 Å². The van der Waals surface area contributed by atoms with Gasteiger partial charge >= 0.3 is 0 Å². The fourth-order valence-corrected chi connectivity index (χ4v) is 2.86. The second-order valence-corrected chi connectivity index (χ2v) is 6.01. The normalized spacial score (nSPS) is 11.0. The van der Waals surface area contributed by atoms with Gasteiger partial charge in [-0.25, -0.2) is 14.1 Å². The standard InChI is InChI=1S/C19H21FN4O/c1-3-4-10-21-17(25)12-24-19-18(13(2)23-24)16(9-11-22-19)14-5-7-15(20)8-6-14/h5-9,11H,3-4,10,12H2,1-2H3,(H,21,25). The predicted octanol–water partition coefficient (Wildman–Crippen LogP) is 3.46. The Kier molecular flexibility index (Phi) is 5.07. The van der Waals surface area contributed by atoms with Crippen molar-refractivity contribution in [1.29, 1.82) is 0 Å². The minimum absolute atomic E-state index is 0.0770. The summed E-state index contributed by atoms with van der Waals surface area (Å²) in [6.07, 6.45) is 3.68. The molecule has 1 amide bonds. The van der Waals surface area contributed by atoms with Gasteiger partial charge in [0.05, 0.1) is 5.69 Å². The zero-order valence-electron chi connectivity index (χ0n) is 14.4. The number of nitrogens with zero attached hydrogens (tertiary/aromatic N) is 3. The minimum Gasteiger partial charge on any atom is -0.354 e. The first-order valence-electron chi connectivity index (χ1n) is 8.45. The number of aryl methyl sites for hydroxylation is 1. The molecule has 5 nitrogen and oxygen atoms in total. The number of pyridine rings is 1. The Morgan fingerprint density at radius 3 is 2.72 bits per heavy atom. The number of hydrogen-bond acceptors (Lipinski definition) is 3. The number of nitrogens with one attached hydrogen (secondary N) is 1. The quantitative estimate of drug-likeness (QED) is 0.699. The molecular weight excluding hydrogens is 319 g/mol. The van der Waals surface area contributed by atoms with Gasteiger partial charge < -0.3 is 5.32 Å². The molecule has 0 aliphatic rings. The number of aromatic nitrogens is 3. The van der Waals surface area contributed by atoms with E-state index >= 15 is 0 Å². The van der Waals surface area contributed by atoms with Crippen LogP contribution >= 0.6 is 0 Å². The summed E-state index contributed by atoms with van der Waals surface area (Å²) in [5.74, 6) is -0.350. The molecule has 0 aliphatic carbocycles. The van der Waals surface area contributed by atoms with Gasteiger partial charge in [-0.15, -0.1) is 0 Å². The van der Waals surface area contributed by atoms with Crippen LogP contribution in [0.25, 0.3) is 22.2 Å². The maximum Gasteiger partial charge on any atom is 0.241 e. The Hall–Kier alpha value is -2.76. The molecule has 2 aromatic heterocycles. The molecule has 2 heterocycles. The van der Waals surface area contributed by atoms with E-state index in [2.05, 4.69) is 22.3 Å². The van der Waals surface area contributed by atoms with Gasteiger partial charge in [-0.2, -0.15) is 5.10 Å². The number of carbonyl (C=O) groups is 1. The smallest absolute Gasteiger partial charge is 0.241 e. The molecule has 0 atom stereocenters. The third-order valence-electron chi connectivity index (χ3n) is 4.11. The molecule has 25 heavy (non-hydrogen) atoms. The second kappa shape index (κ2) is 7.42. The number of rotatable bonds is 6. The molecule has 3 aromatic rings. The average molecular weight is 340 g/mol. The number of halogens is 1. The lowest BCUT2D eigenvalue weighted by molar-refractivity contribution is -0.121. The van der Waals surface area contributed by atoms with Crippen LogP contribution < -0.4 is 5.32 Å². The molecule has 1 aromatic carbocycles. The monoisotopic (exact) mass is 340 g/mol. The summed E-state index contributed by atoms with van der Waals surface area (Å²) < 4.78 is 14.8. The SMILES string of the molecule is CCCCNC(=O)Cn1nc(C)c2c(-c3ccc(F)cc3)ccnc21. The molecule has 0 unspecified atom stereocenters. The zero-order chi connectivity index (χ0) is 17.8. The molecular formula is C19H21FN4O. The molecule has 0 radical (unpaired) electrons. The summed E-state index contributed by atoms with van der Waals surface area (Å²) >= 11 is 0. The highest BCUT2D eigenvalue weighted by Gasteiger charge is 2.15. The van der Waals surface area contributed by atoms with Crippen molar-refractivity contribution < 1.29 is 9.18 Å². The van der Waals surface area contributed by atoms with Crippen LogP contribution in [0.15, 0.2) is 36.5 Å². The molecule has 0 aliphatic heterocycles. The highest BCUT2D eigenvalue weighted by molar-refractivity contribution is 5.95. The predicted molar refractivity (Wildman–Crippen MR) is 95.6 cm³/mol. The molecule has 6 heteroatoms. The van der Waals surface area contributed by atoms with E-state index in [4.69, 9.17) is 0 Å². The number of hydrogen-bond donors (Lipinski definition) is 1. The van der Waals surface area contributed by atoms with Gasteiger partial charge in [-0.3, -0.25) is 4.79 Å². The van der Waals surface area contributed by atoms with Gasteiger partial charge in [-0.05, 0) is 42.7 Å². The minimum atomic E-state index is -0.273. The van der Waals surface area contributed by atoms with Crippen LogP contribution in [0.2, 0.25) is 0 Å². The summed E-state index contributed by atoms with van der Waals surface area (Å²) in [4.78, 5) is 16.5. The molecule has 0 bridgehead atoms. The van der Waals surface area contributed by atoms with E-state index in [0.29, 0.717) is 12.2 Å². The summed E-state index contributed by atoms with van der Waals surface area (Å²) in [6.45, 7) is 4.77. The van der Waals surface area contributed by atoms with E-state index in [0.717, 1.165) is 35.0 Å². The summed E-state index contributed by atoms with van der Waals surface area (Å²) in [7, 11) is 0. The number of benzene rings is 1. The molecule has 130 valence electrons. The largest absolute Gasteiger partial charge is 0.354 e. The third kappa shape index (κ3) is 3.68. The number of amides is 1. The first-order valence-corrected chi connectivity index (χ1v) is 8.45. The Morgan fingerprint density at radius 2 is 2.00 bits per heavy atom. The van der Waals surface area contributed by atoms with Crippen molar-refractivity contribution in [3.05, 3.63) is 48.0 Å². The van der Waals surface area contributed by atoms with Gasteiger partial charge in [0.15, 0.2) is 5.65 Å². The van der Waals surface area contributed by atoms with Crippen LogP contribution in [0.3, 0.4) is 0 Å². The van der Waals surface area contributed by atoms with Crippen molar-refractivity contribution >= 4 is 16.9 Å². The van der Waals surface area contributed by atoms with E-state index in [1.165, 1.54) is 12.1 Å². The molecule has 0 saturated heterocycles. The number of unbranched alkanes of at least 4 members (excludes halogenated alkanes) is 1. The van der Waals surface area contributed by atoms with Crippen molar-refractivity contribution in [2.75, 3.05) is 6.54 Å². The fraction of sp³-hybridized carbons (Fsp3) is 0.316. The van der Waals surface area contributed by atoms with Crippen molar-refractivity contribution in [2.24, 2.45) is 0 Å². The molecule has 0 saturated carbocycles. The zero-order valence-corrected chi connectivity index (χ0v) is 14.4. The van der Waals surface area contributed by atoms with Crippen LogP contribution in [-0.2, 0) is 11.3 Å². The summed E-state index contributed by atoms with van der Waals surface area (Å²) in [5, 5.41) is 8.25. The van der Waals surface area contributed by atoms with E-state index < -0.39 is 0 Å². The maximum absolute atomic E-state index is 13.2. The molecule has 3 rings (SSSR count). The van der Waals surface area contributed by atoms with Crippen molar-refractivity contribution in [3.8, 4) is 11.1 Å². The van der Waals surface area contributed by atoms with E-state index in [1.54, 1.807) is 23.0 Å². The van der Waals surface area contributed by atoms with Crippen molar-refractivity contribution in [1.82, 2.24) is 20.1 Å². The lowest BCUT2D eigenvalue weighted by Gasteiger charge is -2.06. The number of carbonyl (C=O) groups excluding carboxylic acids is 1. The first kappa shape index (κ1) is 17.1. The van der Waals surface area contributed by atoms with Gasteiger partial charge in [-0.1, -0.05) is 25.5 Å². The highest BCUT2D eigenvalue weighted by Crippen LogP contribution is 2.29. The van der Waals surface area contributed by atoms with Crippen molar-refractivity contribution in [2.45, 2.75) is 33.2 Å². The van der Waals surface area contributed by atoms with Crippen LogP contribution in [0.5, 0.6) is 0 Å². The Morgan fingerprint density at radius 1 is 1.24 bits per heavy atom. The Labute approximate surface area is 145 Å². The summed E-state index contributed by atoms with van der Waals surface area (Å²) in [6, 6.07) is 8.22. The Balaban J connectivity index is 1.94. The average Bonchev–Trinajstić information content (AvgIpc) is 2.92. The second-order valence-electron chi connectivity index (χ2n) is 6.01. The fourth-order valence-electron chi connectivity index (χ4n) is 2.86. The van der Waals surface area contributed by atoms with Gasteiger partial charge in [0.2, 0.25) is 5.91 Å². The van der Waals surface area contributed by atoms with Gasteiger partial charge in [0.25, 0.3) is 0 Å². The number of fused-ring (bicyclic) bond motifs is 1. The van der Waals surface area contributed by atoms with Crippen molar-refractivity contribution in [3.63, 3.8) is 0 Å². The molecule has 0 fully saturated rings. The Bertz CT molecular complexity index is 886. The molecule has 1 N–H and O–H groups in total. The summed E-state index contributed by atoms with van der Waals surface area (Å²) in [5.41, 5.74) is 3.28. The van der Waals surface area contributed by atoms with Crippen LogP contribution in [0, 0.1) is 12.7 Å². The van der Waals surface area contributed by atoms with Crippen LogP contribution in [0.1, 0.15) is 25.5 Å². The van der Waals surface area contributed by atoms with Crippen LogP contribution in [-0.4, -0.2) is 27.2 Å². The van der Waals surface area contributed by atoms with Gasteiger partial charge in [0.1, 0.15) is 12.4 Å². The first-order chi connectivity index (χ1) is 12.1. The lowest BCUT2D eigenvalue weighted by Crippen LogP contribution is -2.28. The molecule has 0 spiro atoms. The topological polar surface area (TPSA) is 59.8 Å². The van der Waals surface area contributed by atoms with E-state index in [1.807, 2.05) is 13.0 Å². The maximum atomic E-state index is 13.2. The lowest BCUT2D eigenvalue weighted by atomic mass is 10.0. The van der Waals surface area contributed by atoms with Crippen LogP contribution in [0.4, 0.5) is 4.39 Å². The third-order valence-corrected chi connectivity index (χ3v) is 4.11. The van der Waals surface area contributed by atoms with Gasteiger partial charge in [0, 0.05) is 18.1 Å². The van der Waals surface area contributed by atoms with E-state index in [9.17, 15) is 9.18 Å².